The first-order valence-corrected chi connectivity index (χ1v) is 11.5. The molecule has 0 spiro atoms. The highest BCUT2D eigenvalue weighted by Gasteiger charge is 2.18. The van der Waals surface area contributed by atoms with Crippen molar-refractivity contribution in [2.24, 2.45) is 0 Å². The summed E-state index contributed by atoms with van der Waals surface area (Å²) in [4.78, 5) is 12.4. The Balaban J connectivity index is 1.96. The molecule has 0 aliphatic carbocycles. The van der Waals surface area contributed by atoms with Crippen molar-refractivity contribution in [1.82, 2.24) is 5.32 Å². The van der Waals surface area contributed by atoms with Gasteiger partial charge in [-0.1, -0.05) is 48.9 Å². The molecule has 1 atom stereocenters. The zero-order chi connectivity index (χ0) is 20.7. The lowest BCUT2D eigenvalue weighted by Crippen LogP contribution is -2.33. The van der Waals surface area contributed by atoms with Crippen molar-refractivity contribution in [2.45, 2.75) is 46.1 Å². The summed E-state index contributed by atoms with van der Waals surface area (Å²) in [5.74, 6) is -0.0647. The molecule has 2 rings (SSSR count). The van der Waals surface area contributed by atoms with Crippen LogP contribution in [0.1, 0.15) is 48.9 Å². The summed E-state index contributed by atoms with van der Waals surface area (Å²) in [6, 6.07) is 15.5. The summed E-state index contributed by atoms with van der Waals surface area (Å²) in [5.41, 5.74) is 3.89. The SMILES string of the molecule is CCC(NC(=O)CCCN(c1cccc(C)c1)S(C)(=O)=O)c1ccc(C)cc1. The minimum atomic E-state index is -3.41. The third-order valence-corrected chi connectivity index (χ3v) is 5.87. The van der Waals surface area contributed by atoms with Gasteiger partial charge in [0.25, 0.3) is 0 Å². The molecule has 0 aromatic heterocycles. The number of nitrogens with one attached hydrogen (secondary N) is 1. The second-order valence-corrected chi connectivity index (χ2v) is 9.12. The molecule has 6 heteroatoms. The number of aryl methyl sites for hydroxylation is 2. The fourth-order valence-corrected chi connectivity index (χ4v) is 4.10. The Hall–Kier alpha value is -2.34. The first-order valence-electron chi connectivity index (χ1n) is 9.61. The Morgan fingerprint density at radius 1 is 1.07 bits per heavy atom. The molecule has 5 nitrogen and oxygen atoms in total. The second-order valence-electron chi connectivity index (χ2n) is 7.22. The number of carbonyl (C=O) groups is 1. The van der Waals surface area contributed by atoms with Crippen LogP contribution in [0, 0.1) is 13.8 Å². The number of hydrogen-bond donors (Lipinski definition) is 1. The predicted octanol–water partition coefficient (Wildman–Crippen LogP) is 4.12. The number of nitrogens with zero attached hydrogens (tertiary/aromatic N) is 1. The highest BCUT2D eigenvalue weighted by atomic mass is 32.2. The topological polar surface area (TPSA) is 66.5 Å². The van der Waals surface area contributed by atoms with Crippen molar-refractivity contribution in [3.63, 3.8) is 0 Å². The summed E-state index contributed by atoms with van der Waals surface area (Å²) in [5, 5.41) is 3.06. The molecule has 1 N–H and O–H groups in total. The van der Waals surface area contributed by atoms with Crippen LogP contribution in [0.2, 0.25) is 0 Å². The molecule has 28 heavy (non-hydrogen) atoms. The van der Waals surface area contributed by atoms with E-state index in [2.05, 4.69) is 5.32 Å². The van der Waals surface area contributed by atoms with Crippen LogP contribution >= 0.6 is 0 Å². The monoisotopic (exact) mass is 402 g/mol. The lowest BCUT2D eigenvalue weighted by atomic mass is 10.0. The number of hydrogen-bond acceptors (Lipinski definition) is 3. The minimum absolute atomic E-state index is 0.0316. The van der Waals surface area contributed by atoms with Crippen molar-refractivity contribution < 1.29 is 13.2 Å². The summed E-state index contributed by atoms with van der Waals surface area (Å²) in [7, 11) is -3.41. The lowest BCUT2D eigenvalue weighted by Gasteiger charge is -2.23. The van der Waals surface area contributed by atoms with Gasteiger partial charge in [-0.3, -0.25) is 9.10 Å². The maximum Gasteiger partial charge on any atom is 0.232 e. The third kappa shape index (κ3) is 6.37. The number of benzene rings is 2. The Morgan fingerprint density at radius 3 is 2.32 bits per heavy atom. The molecule has 0 saturated heterocycles. The minimum Gasteiger partial charge on any atom is -0.349 e. The Labute approximate surface area is 168 Å². The number of rotatable bonds is 9. The van der Waals surface area contributed by atoms with Gasteiger partial charge in [0.2, 0.25) is 15.9 Å². The molecule has 0 aliphatic heterocycles. The highest BCUT2D eigenvalue weighted by molar-refractivity contribution is 7.92. The van der Waals surface area contributed by atoms with Crippen LogP contribution < -0.4 is 9.62 Å². The van der Waals surface area contributed by atoms with Gasteiger partial charge in [-0.2, -0.15) is 0 Å². The van der Waals surface area contributed by atoms with Crippen molar-refractivity contribution in [1.29, 1.82) is 0 Å². The molecule has 152 valence electrons. The summed E-state index contributed by atoms with van der Waals surface area (Å²) < 4.78 is 25.7. The van der Waals surface area contributed by atoms with E-state index in [9.17, 15) is 13.2 Å². The first kappa shape index (κ1) is 22.0. The van der Waals surface area contributed by atoms with E-state index in [1.54, 1.807) is 6.07 Å². The fourth-order valence-electron chi connectivity index (χ4n) is 3.14. The normalized spacial score (nSPS) is 12.4. The second kappa shape index (κ2) is 9.73. The molecule has 1 amide bonds. The summed E-state index contributed by atoms with van der Waals surface area (Å²) in [6.45, 7) is 6.27. The summed E-state index contributed by atoms with van der Waals surface area (Å²) >= 11 is 0. The molecule has 0 radical (unpaired) electrons. The largest absolute Gasteiger partial charge is 0.349 e. The van der Waals surface area contributed by atoms with E-state index in [-0.39, 0.29) is 24.9 Å². The van der Waals surface area contributed by atoms with Gasteiger partial charge < -0.3 is 5.32 Å². The molecule has 0 heterocycles. The molecule has 2 aromatic rings. The standard InChI is InChI=1S/C22H30N2O3S/c1-5-21(19-13-11-17(2)12-14-19)23-22(25)10-7-15-24(28(4,26)27)20-9-6-8-18(3)16-20/h6,8-9,11-14,16,21H,5,7,10,15H2,1-4H3,(H,23,25). The van der Waals surface area contributed by atoms with Crippen LogP contribution in [0.5, 0.6) is 0 Å². The lowest BCUT2D eigenvalue weighted by molar-refractivity contribution is -0.121. The van der Waals surface area contributed by atoms with Crippen molar-refractivity contribution in [3.8, 4) is 0 Å². The molecule has 1 unspecified atom stereocenters. The van der Waals surface area contributed by atoms with Gasteiger partial charge in [0.05, 0.1) is 18.0 Å². The van der Waals surface area contributed by atoms with Gasteiger partial charge in [-0.15, -0.1) is 0 Å². The van der Waals surface area contributed by atoms with Gasteiger partial charge in [0, 0.05) is 13.0 Å². The fraction of sp³-hybridized carbons (Fsp3) is 0.409. The van der Waals surface area contributed by atoms with Crippen LogP contribution in [0.3, 0.4) is 0 Å². The van der Waals surface area contributed by atoms with E-state index in [4.69, 9.17) is 0 Å². The molecule has 0 aliphatic rings. The number of sulfonamides is 1. The Morgan fingerprint density at radius 2 is 1.75 bits per heavy atom. The summed E-state index contributed by atoms with van der Waals surface area (Å²) in [6.07, 6.45) is 2.73. The molecular formula is C22H30N2O3S. The van der Waals surface area contributed by atoms with Crippen LogP contribution in [-0.2, 0) is 14.8 Å². The van der Waals surface area contributed by atoms with E-state index in [1.807, 2.05) is 63.2 Å². The maximum atomic E-state index is 12.4. The van der Waals surface area contributed by atoms with E-state index in [1.165, 1.54) is 16.1 Å². The molecule has 0 saturated carbocycles. The van der Waals surface area contributed by atoms with Crippen LogP contribution in [-0.4, -0.2) is 27.1 Å². The smallest absolute Gasteiger partial charge is 0.232 e. The quantitative estimate of drug-likeness (QED) is 0.686. The molecule has 0 bridgehead atoms. The Kier molecular flexibility index (Phi) is 7.63. The number of amides is 1. The first-order chi connectivity index (χ1) is 13.2. The van der Waals surface area contributed by atoms with Gasteiger partial charge >= 0.3 is 0 Å². The van der Waals surface area contributed by atoms with Gasteiger partial charge in [-0.25, -0.2) is 8.42 Å². The molecule has 0 fully saturated rings. The average Bonchev–Trinajstić information content (AvgIpc) is 2.63. The van der Waals surface area contributed by atoms with Crippen LogP contribution in [0.15, 0.2) is 48.5 Å². The molecular weight excluding hydrogens is 372 g/mol. The predicted molar refractivity (Wildman–Crippen MR) is 115 cm³/mol. The van der Waals surface area contributed by atoms with E-state index in [0.29, 0.717) is 12.1 Å². The van der Waals surface area contributed by atoms with E-state index in [0.717, 1.165) is 17.5 Å². The van der Waals surface area contributed by atoms with Crippen molar-refractivity contribution in [3.05, 3.63) is 65.2 Å². The number of anilines is 1. The van der Waals surface area contributed by atoms with E-state index < -0.39 is 10.0 Å². The van der Waals surface area contributed by atoms with Crippen molar-refractivity contribution >= 4 is 21.6 Å². The Bertz CT molecular complexity index is 892. The maximum absolute atomic E-state index is 12.4. The van der Waals surface area contributed by atoms with Gasteiger partial charge in [0.15, 0.2) is 0 Å². The third-order valence-electron chi connectivity index (χ3n) is 4.68. The van der Waals surface area contributed by atoms with Gasteiger partial charge in [-0.05, 0) is 49.9 Å². The van der Waals surface area contributed by atoms with Crippen LogP contribution in [0.25, 0.3) is 0 Å². The number of carbonyl (C=O) groups excluding carboxylic acids is 1. The molecule has 2 aromatic carbocycles. The zero-order valence-electron chi connectivity index (χ0n) is 17.1. The van der Waals surface area contributed by atoms with Gasteiger partial charge in [0.1, 0.15) is 0 Å². The van der Waals surface area contributed by atoms with Crippen LogP contribution in [0.4, 0.5) is 5.69 Å². The van der Waals surface area contributed by atoms with Crippen molar-refractivity contribution in [2.75, 3.05) is 17.1 Å². The van der Waals surface area contributed by atoms with E-state index >= 15 is 0 Å². The zero-order valence-corrected chi connectivity index (χ0v) is 17.9. The average molecular weight is 403 g/mol. The highest BCUT2D eigenvalue weighted by Crippen LogP contribution is 2.20.